The fourth-order valence-corrected chi connectivity index (χ4v) is 1.37. The van der Waals surface area contributed by atoms with E-state index in [1.165, 1.54) is 0 Å². The van der Waals surface area contributed by atoms with Crippen LogP contribution in [0.1, 0.15) is 26.7 Å². The fourth-order valence-electron chi connectivity index (χ4n) is 1.37. The predicted molar refractivity (Wildman–Crippen MR) is 46.6 cm³/mol. The van der Waals surface area contributed by atoms with Gasteiger partial charge in [0.15, 0.2) is 0 Å². The second kappa shape index (κ2) is 3.90. The van der Waals surface area contributed by atoms with Crippen LogP contribution in [0.15, 0.2) is 0 Å². The maximum absolute atomic E-state index is 11.2. The highest BCUT2D eigenvalue weighted by atomic mass is 16.3. The molecule has 0 atom stereocenters. The molecule has 1 aliphatic rings. The molecule has 0 saturated heterocycles. The van der Waals surface area contributed by atoms with Crippen molar-refractivity contribution in [1.29, 1.82) is 0 Å². The molecule has 0 aliphatic heterocycles. The number of hydrogen-bond donors (Lipinski definition) is 2. The fraction of sp³-hybridized carbons (Fsp3) is 0.889. The third kappa shape index (κ3) is 2.21. The first-order valence-electron chi connectivity index (χ1n) is 4.54. The molecule has 0 bridgehead atoms. The second-order valence-corrected chi connectivity index (χ2v) is 3.88. The maximum atomic E-state index is 11.2. The Labute approximate surface area is 73.2 Å². The molecule has 12 heavy (non-hydrogen) atoms. The van der Waals surface area contributed by atoms with Crippen molar-refractivity contribution in [2.45, 2.75) is 32.7 Å². The van der Waals surface area contributed by atoms with Crippen molar-refractivity contribution in [3.63, 3.8) is 0 Å². The third-order valence-electron chi connectivity index (χ3n) is 2.36. The molecule has 3 heteroatoms. The lowest BCUT2D eigenvalue weighted by atomic mass is 9.81. The average Bonchev–Trinajstić information content (AvgIpc) is 1.94. The molecule has 1 rings (SSSR count). The summed E-state index contributed by atoms with van der Waals surface area (Å²) in [7, 11) is 0. The number of carbonyl (C=O) groups excluding carboxylic acids is 1. The van der Waals surface area contributed by atoms with Gasteiger partial charge in [0.05, 0.1) is 0 Å². The second-order valence-electron chi connectivity index (χ2n) is 3.88. The van der Waals surface area contributed by atoms with E-state index in [9.17, 15) is 4.79 Å². The molecular formula is C9H17NO2. The molecule has 0 heterocycles. The zero-order valence-electron chi connectivity index (χ0n) is 7.71. The first-order valence-corrected chi connectivity index (χ1v) is 4.54. The standard InChI is InChI=1S/C9H17NO2/c1-6(2)9(12)10-8-3-7(4-8)5-11/h6-8,11H,3-5H2,1-2H3,(H,10,12). The van der Waals surface area contributed by atoms with Crippen molar-refractivity contribution >= 4 is 5.91 Å². The molecule has 0 unspecified atom stereocenters. The summed E-state index contributed by atoms with van der Waals surface area (Å²) >= 11 is 0. The molecule has 1 fully saturated rings. The van der Waals surface area contributed by atoms with Crippen LogP contribution in [-0.2, 0) is 4.79 Å². The molecule has 0 aromatic rings. The Kier molecular flexibility index (Phi) is 3.09. The summed E-state index contributed by atoms with van der Waals surface area (Å²) in [5, 5.41) is 11.7. The molecule has 3 nitrogen and oxygen atoms in total. The Bertz CT molecular complexity index is 162. The first-order chi connectivity index (χ1) is 5.63. The number of aliphatic hydroxyl groups is 1. The molecular weight excluding hydrogens is 154 g/mol. The summed E-state index contributed by atoms with van der Waals surface area (Å²) < 4.78 is 0. The van der Waals surface area contributed by atoms with E-state index in [0.717, 1.165) is 12.8 Å². The van der Waals surface area contributed by atoms with Crippen molar-refractivity contribution in [3.05, 3.63) is 0 Å². The zero-order chi connectivity index (χ0) is 9.14. The lowest BCUT2D eigenvalue weighted by Crippen LogP contribution is -2.46. The van der Waals surface area contributed by atoms with Crippen LogP contribution in [0.5, 0.6) is 0 Å². The predicted octanol–water partition coefficient (Wildman–Crippen LogP) is 0.529. The van der Waals surface area contributed by atoms with Crippen LogP contribution in [0.3, 0.4) is 0 Å². The monoisotopic (exact) mass is 171 g/mol. The lowest BCUT2D eigenvalue weighted by Gasteiger charge is -2.34. The van der Waals surface area contributed by atoms with Gasteiger partial charge in [0.1, 0.15) is 0 Å². The third-order valence-corrected chi connectivity index (χ3v) is 2.36. The first kappa shape index (κ1) is 9.52. The molecule has 1 aliphatic carbocycles. The van der Waals surface area contributed by atoms with Crippen molar-refractivity contribution in [3.8, 4) is 0 Å². The van der Waals surface area contributed by atoms with E-state index in [1.807, 2.05) is 13.8 Å². The number of aliphatic hydroxyl groups excluding tert-OH is 1. The summed E-state index contributed by atoms with van der Waals surface area (Å²) in [6.45, 7) is 4.03. The number of hydrogen-bond acceptors (Lipinski definition) is 2. The topological polar surface area (TPSA) is 49.3 Å². The van der Waals surface area contributed by atoms with Gasteiger partial charge in [-0.05, 0) is 18.8 Å². The summed E-state index contributed by atoms with van der Waals surface area (Å²) in [5.41, 5.74) is 0. The van der Waals surface area contributed by atoms with E-state index in [1.54, 1.807) is 0 Å². The molecule has 0 aromatic heterocycles. The summed E-state index contributed by atoms with van der Waals surface area (Å²) in [6, 6.07) is 0.317. The van der Waals surface area contributed by atoms with Crippen LogP contribution in [0.2, 0.25) is 0 Å². The molecule has 0 radical (unpaired) electrons. The Morgan fingerprint density at radius 1 is 1.58 bits per heavy atom. The van der Waals surface area contributed by atoms with Crippen LogP contribution in [-0.4, -0.2) is 23.7 Å². The summed E-state index contributed by atoms with van der Waals surface area (Å²) in [4.78, 5) is 11.2. The molecule has 1 amide bonds. The largest absolute Gasteiger partial charge is 0.396 e. The van der Waals surface area contributed by atoms with E-state index < -0.39 is 0 Å². The van der Waals surface area contributed by atoms with Crippen molar-refractivity contribution < 1.29 is 9.90 Å². The molecule has 70 valence electrons. The van der Waals surface area contributed by atoms with Gasteiger partial charge in [0.2, 0.25) is 5.91 Å². The Hall–Kier alpha value is -0.570. The minimum absolute atomic E-state index is 0.0678. The van der Waals surface area contributed by atoms with Gasteiger partial charge in [-0.25, -0.2) is 0 Å². The van der Waals surface area contributed by atoms with Crippen LogP contribution in [0.4, 0.5) is 0 Å². The quantitative estimate of drug-likeness (QED) is 0.650. The van der Waals surface area contributed by atoms with E-state index >= 15 is 0 Å². The molecule has 2 N–H and O–H groups in total. The van der Waals surface area contributed by atoms with Gasteiger partial charge in [0.25, 0.3) is 0 Å². The Morgan fingerprint density at radius 3 is 2.58 bits per heavy atom. The maximum Gasteiger partial charge on any atom is 0.222 e. The minimum Gasteiger partial charge on any atom is -0.396 e. The van der Waals surface area contributed by atoms with E-state index in [-0.39, 0.29) is 18.4 Å². The summed E-state index contributed by atoms with van der Waals surface area (Å²) in [5.74, 6) is 0.608. The SMILES string of the molecule is CC(C)C(=O)NC1CC(CO)C1. The normalized spacial score (nSPS) is 28.3. The van der Waals surface area contributed by atoms with E-state index in [4.69, 9.17) is 5.11 Å². The van der Waals surface area contributed by atoms with Gasteiger partial charge in [-0.2, -0.15) is 0 Å². The smallest absolute Gasteiger partial charge is 0.222 e. The van der Waals surface area contributed by atoms with Gasteiger partial charge in [-0.1, -0.05) is 13.8 Å². The van der Waals surface area contributed by atoms with Crippen molar-refractivity contribution in [2.75, 3.05) is 6.61 Å². The molecule has 0 aromatic carbocycles. The van der Waals surface area contributed by atoms with Gasteiger partial charge < -0.3 is 10.4 Å². The van der Waals surface area contributed by atoms with Gasteiger partial charge in [0, 0.05) is 18.6 Å². The minimum atomic E-state index is 0.0678. The van der Waals surface area contributed by atoms with Crippen molar-refractivity contribution in [2.24, 2.45) is 11.8 Å². The van der Waals surface area contributed by atoms with Gasteiger partial charge in [-0.3, -0.25) is 4.79 Å². The van der Waals surface area contributed by atoms with Crippen LogP contribution >= 0.6 is 0 Å². The van der Waals surface area contributed by atoms with Crippen LogP contribution in [0.25, 0.3) is 0 Å². The Balaban J connectivity index is 2.14. The van der Waals surface area contributed by atoms with Gasteiger partial charge in [-0.15, -0.1) is 0 Å². The van der Waals surface area contributed by atoms with Crippen LogP contribution in [0, 0.1) is 11.8 Å². The van der Waals surface area contributed by atoms with Crippen LogP contribution < -0.4 is 5.32 Å². The number of amides is 1. The number of rotatable bonds is 3. The van der Waals surface area contributed by atoms with Gasteiger partial charge >= 0.3 is 0 Å². The van der Waals surface area contributed by atoms with E-state index in [2.05, 4.69) is 5.32 Å². The average molecular weight is 171 g/mol. The van der Waals surface area contributed by atoms with Crippen molar-refractivity contribution in [1.82, 2.24) is 5.32 Å². The number of nitrogens with one attached hydrogen (secondary N) is 1. The zero-order valence-corrected chi connectivity index (χ0v) is 7.71. The Morgan fingerprint density at radius 2 is 2.17 bits per heavy atom. The molecule has 1 saturated carbocycles. The molecule has 0 spiro atoms. The number of carbonyl (C=O) groups is 1. The lowest BCUT2D eigenvalue weighted by molar-refractivity contribution is -0.125. The highest BCUT2D eigenvalue weighted by Crippen LogP contribution is 2.26. The highest BCUT2D eigenvalue weighted by molar-refractivity contribution is 5.78. The summed E-state index contributed by atoms with van der Waals surface area (Å²) in [6.07, 6.45) is 1.88. The van der Waals surface area contributed by atoms with E-state index in [0.29, 0.717) is 12.0 Å². The highest BCUT2D eigenvalue weighted by Gasteiger charge is 2.29.